The number of rotatable bonds is 4. The number of aryl methyl sites for hydroxylation is 1. The van der Waals surface area contributed by atoms with Gasteiger partial charge in [0.2, 0.25) is 5.91 Å². The predicted octanol–water partition coefficient (Wildman–Crippen LogP) is 3.00. The van der Waals surface area contributed by atoms with Crippen LogP contribution in [0.25, 0.3) is 0 Å². The molecule has 124 valence electrons. The molecule has 0 saturated carbocycles. The zero-order valence-electron chi connectivity index (χ0n) is 13.8. The van der Waals surface area contributed by atoms with E-state index in [1.54, 1.807) is 24.9 Å². The molecule has 1 aliphatic rings. The Hall–Kier alpha value is -2.82. The molecule has 1 N–H and O–H groups in total. The Morgan fingerprint density at radius 2 is 1.92 bits per heavy atom. The SMILES string of the molecule is CC(Oc1ccccc1)C(=O)Nc1ccc2c(c1)CCC(=O)N2C. The van der Waals surface area contributed by atoms with Crippen molar-refractivity contribution in [1.82, 2.24) is 0 Å². The first-order valence-corrected chi connectivity index (χ1v) is 7.96. The number of benzene rings is 2. The molecule has 1 heterocycles. The van der Waals surface area contributed by atoms with Crippen LogP contribution in [0.2, 0.25) is 0 Å². The number of ether oxygens (including phenoxy) is 1. The van der Waals surface area contributed by atoms with Crippen molar-refractivity contribution < 1.29 is 14.3 Å². The Bertz CT molecular complexity index is 758. The van der Waals surface area contributed by atoms with Crippen LogP contribution in [0.4, 0.5) is 11.4 Å². The smallest absolute Gasteiger partial charge is 0.265 e. The van der Waals surface area contributed by atoms with Crippen molar-refractivity contribution in [2.45, 2.75) is 25.9 Å². The summed E-state index contributed by atoms with van der Waals surface area (Å²) in [6.07, 6.45) is 0.583. The predicted molar refractivity (Wildman–Crippen MR) is 93.3 cm³/mol. The lowest BCUT2D eigenvalue weighted by Crippen LogP contribution is -2.32. The van der Waals surface area contributed by atoms with E-state index >= 15 is 0 Å². The van der Waals surface area contributed by atoms with Gasteiger partial charge in [0, 0.05) is 24.8 Å². The van der Waals surface area contributed by atoms with Gasteiger partial charge in [-0.2, -0.15) is 0 Å². The highest BCUT2D eigenvalue weighted by Crippen LogP contribution is 2.29. The molecule has 1 unspecified atom stereocenters. The van der Waals surface area contributed by atoms with Crippen molar-refractivity contribution >= 4 is 23.2 Å². The lowest BCUT2D eigenvalue weighted by atomic mass is 10.0. The fourth-order valence-electron chi connectivity index (χ4n) is 2.73. The summed E-state index contributed by atoms with van der Waals surface area (Å²) in [6, 6.07) is 14.8. The van der Waals surface area contributed by atoms with E-state index in [9.17, 15) is 9.59 Å². The third-order valence-electron chi connectivity index (χ3n) is 4.12. The second kappa shape index (κ2) is 6.74. The zero-order chi connectivity index (χ0) is 17.1. The number of carbonyl (C=O) groups excluding carboxylic acids is 2. The second-order valence-corrected chi connectivity index (χ2v) is 5.86. The van der Waals surface area contributed by atoms with Gasteiger partial charge in [-0.15, -0.1) is 0 Å². The lowest BCUT2D eigenvalue weighted by Gasteiger charge is -2.26. The van der Waals surface area contributed by atoms with E-state index in [4.69, 9.17) is 4.74 Å². The van der Waals surface area contributed by atoms with Gasteiger partial charge in [0.05, 0.1) is 0 Å². The molecule has 0 fully saturated rings. The lowest BCUT2D eigenvalue weighted by molar-refractivity contribution is -0.122. The Kier molecular flexibility index (Phi) is 4.51. The van der Waals surface area contributed by atoms with Gasteiger partial charge in [0.25, 0.3) is 5.91 Å². The van der Waals surface area contributed by atoms with Gasteiger partial charge in [0.15, 0.2) is 6.10 Å². The fraction of sp³-hybridized carbons (Fsp3) is 0.263. The van der Waals surface area contributed by atoms with E-state index in [-0.39, 0.29) is 11.8 Å². The van der Waals surface area contributed by atoms with E-state index in [0.29, 0.717) is 24.3 Å². The summed E-state index contributed by atoms with van der Waals surface area (Å²) in [6.45, 7) is 1.72. The van der Waals surface area contributed by atoms with Gasteiger partial charge < -0.3 is 15.0 Å². The average molecular weight is 324 g/mol. The molecule has 0 bridgehead atoms. The van der Waals surface area contributed by atoms with Crippen molar-refractivity contribution in [3.05, 3.63) is 54.1 Å². The topological polar surface area (TPSA) is 58.6 Å². The zero-order valence-corrected chi connectivity index (χ0v) is 13.8. The molecule has 24 heavy (non-hydrogen) atoms. The number of anilines is 2. The molecular weight excluding hydrogens is 304 g/mol. The molecule has 0 radical (unpaired) electrons. The minimum Gasteiger partial charge on any atom is -0.481 e. The molecule has 0 saturated heterocycles. The molecule has 0 aromatic heterocycles. The summed E-state index contributed by atoms with van der Waals surface area (Å²) < 4.78 is 5.63. The van der Waals surface area contributed by atoms with Crippen LogP contribution in [0.1, 0.15) is 18.9 Å². The molecule has 1 atom stereocenters. The van der Waals surface area contributed by atoms with Gasteiger partial charge in [0.1, 0.15) is 5.75 Å². The van der Waals surface area contributed by atoms with E-state index in [0.717, 1.165) is 11.3 Å². The van der Waals surface area contributed by atoms with E-state index < -0.39 is 6.10 Å². The highest BCUT2D eigenvalue weighted by Gasteiger charge is 2.21. The summed E-state index contributed by atoms with van der Waals surface area (Å²) in [4.78, 5) is 25.7. The van der Waals surface area contributed by atoms with Crippen molar-refractivity contribution in [3.63, 3.8) is 0 Å². The Morgan fingerprint density at radius 1 is 1.17 bits per heavy atom. The standard InChI is InChI=1S/C19H20N2O3/c1-13(24-16-6-4-3-5-7-16)19(23)20-15-9-10-17-14(12-15)8-11-18(22)21(17)2/h3-7,9-10,12-13H,8,11H2,1-2H3,(H,20,23). The van der Waals surface area contributed by atoms with Crippen LogP contribution in [-0.4, -0.2) is 25.0 Å². The molecular formula is C19H20N2O3. The fourth-order valence-corrected chi connectivity index (χ4v) is 2.73. The molecule has 0 aliphatic carbocycles. The maximum Gasteiger partial charge on any atom is 0.265 e. The van der Waals surface area contributed by atoms with Gasteiger partial charge in [-0.25, -0.2) is 0 Å². The van der Waals surface area contributed by atoms with Crippen molar-refractivity contribution in [2.75, 3.05) is 17.3 Å². The van der Waals surface area contributed by atoms with E-state index in [1.165, 1.54) is 0 Å². The number of nitrogens with one attached hydrogen (secondary N) is 1. The quantitative estimate of drug-likeness (QED) is 0.940. The number of carbonyl (C=O) groups is 2. The van der Waals surface area contributed by atoms with Crippen LogP contribution in [0.3, 0.4) is 0 Å². The molecule has 1 aliphatic heterocycles. The Labute approximate surface area is 141 Å². The van der Waals surface area contributed by atoms with Gasteiger partial charge >= 0.3 is 0 Å². The molecule has 2 amide bonds. The van der Waals surface area contributed by atoms with Gasteiger partial charge in [-0.3, -0.25) is 9.59 Å². The molecule has 0 spiro atoms. The summed E-state index contributed by atoms with van der Waals surface area (Å²) in [5.74, 6) is 0.564. The normalized spacial score (nSPS) is 14.8. The largest absolute Gasteiger partial charge is 0.481 e. The summed E-state index contributed by atoms with van der Waals surface area (Å²) in [7, 11) is 1.77. The van der Waals surface area contributed by atoms with Crippen LogP contribution in [-0.2, 0) is 16.0 Å². The third-order valence-corrected chi connectivity index (χ3v) is 4.12. The number of fused-ring (bicyclic) bond motifs is 1. The van der Waals surface area contributed by atoms with E-state index in [1.807, 2.05) is 42.5 Å². The molecule has 5 nitrogen and oxygen atoms in total. The molecule has 2 aromatic rings. The summed E-state index contributed by atoms with van der Waals surface area (Å²) >= 11 is 0. The first-order valence-electron chi connectivity index (χ1n) is 7.96. The minimum absolute atomic E-state index is 0.115. The van der Waals surface area contributed by atoms with Crippen LogP contribution in [0, 0.1) is 0 Å². The van der Waals surface area contributed by atoms with Crippen LogP contribution < -0.4 is 15.0 Å². The summed E-state index contributed by atoms with van der Waals surface area (Å²) in [5, 5.41) is 2.87. The molecule has 5 heteroatoms. The maximum absolute atomic E-state index is 12.3. The summed E-state index contributed by atoms with van der Waals surface area (Å²) in [5.41, 5.74) is 2.68. The minimum atomic E-state index is -0.604. The van der Waals surface area contributed by atoms with Crippen molar-refractivity contribution in [2.24, 2.45) is 0 Å². The van der Waals surface area contributed by atoms with Gasteiger partial charge in [-0.05, 0) is 49.2 Å². The number of hydrogen-bond acceptors (Lipinski definition) is 3. The first-order chi connectivity index (χ1) is 11.5. The van der Waals surface area contributed by atoms with Crippen LogP contribution in [0.15, 0.2) is 48.5 Å². The number of para-hydroxylation sites is 1. The average Bonchev–Trinajstić information content (AvgIpc) is 2.59. The van der Waals surface area contributed by atoms with Crippen molar-refractivity contribution in [1.29, 1.82) is 0 Å². The van der Waals surface area contributed by atoms with E-state index in [2.05, 4.69) is 5.32 Å². The van der Waals surface area contributed by atoms with Crippen LogP contribution in [0.5, 0.6) is 5.75 Å². The number of nitrogens with zero attached hydrogens (tertiary/aromatic N) is 1. The number of hydrogen-bond donors (Lipinski definition) is 1. The van der Waals surface area contributed by atoms with Gasteiger partial charge in [-0.1, -0.05) is 18.2 Å². The highest BCUT2D eigenvalue weighted by molar-refractivity contribution is 5.98. The first kappa shape index (κ1) is 16.1. The molecule has 3 rings (SSSR count). The Morgan fingerprint density at radius 3 is 2.67 bits per heavy atom. The maximum atomic E-state index is 12.3. The number of amides is 2. The second-order valence-electron chi connectivity index (χ2n) is 5.86. The van der Waals surface area contributed by atoms with Crippen LogP contribution >= 0.6 is 0 Å². The highest BCUT2D eigenvalue weighted by atomic mass is 16.5. The third kappa shape index (κ3) is 3.40. The monoisotopic (exact) mass is 324 g/mol. The Balaban J connectivity index is 1.67. The molecule has 2 aromatic carbocycles. The van der Waals surface area contributed by atoms with Crippen molar-refractivity contribution in [3.8, 4) is 5.75 Å².